The molecule has 572 valence electrons. The first-order valence-electron chi connectivity index (χ1n) is 33.5. The van der Waals surface area contributed by atoms with Gasteiger partial charge in [-0.25, -0.2) is 9.59 Å². The summed E-state index contributed by atoms with van der Waals surface area (Å²) in [5, 5.41) is 54.2. The minimum absolute atomic E-state index is 0.0291. The van der Waals surface area contributed by atoms with E-state index in [0.717, 1.165) is 0 Å². The van der Waals surface area contributed by atoms with Crippen LogP contribution in [-0.2, 0) is 153 Å². The standard InChI is InChI=1S/C67H112O32/c1-66(2)98-49-60(99-66)48-95-65(76)67(3,52-96-63(74)54-40-56(44-89-34-28-83-22-16-77-10-4-68)61(50-93-38-32-87-26-20-81-14-8-72)57(41-54)45-90-35-29-84-23-17-78-11-5-69)53-97-64(75)55-42-58(46-91-36-30-85-24-18-79-12-6-70)62(51-94-39-33-88-27-21-82-15-9-73)59(43-55)47-92-37-31-86-25-19-80-13-7-71/h40-43,60,68-73H,4-39,44-53H2,1-3H3/t60-/m1/s1. The van der Waals surface area contributed by atoms with Gasteiger partial charge in [0.2, 0.25) is 0 Å². The van der Waals surface area contributed by atoms with E-state index in [1.807, 2.05) is 0 Å². The van der Waals surface area contributed by atoms with Crippen molar-refractivity contribution in [1.82, 2.24) is 0 Å². The number of hydrogen-bond donors (Lipinski definition) is 6. The first-order valence-corrected chi connectivity index (χ1v) is 33.5. The van der Waals surface area contributed by atoms with Gasteiger partial charge in [-0.2, -0.15) is 0 Å². The van der Waals surface area contributed by atoms with E-state index in [0.29, 0.717) is 33.4 Å². The zero-order valence-electron chi connectivity index (χ0n) is 58.2. The summed E-state index contributed by atoms with van der Waals surface area (Å²) in [7, 11) is 0. The number of hydrogen-bond acceptors (Lipinski definition) is 32. The molecule has 1 atom stereocenters. The fourth-order valence-corrected chi connectivity index (χ4v) is 8.78. The number of carbonyl (C=O) groups is 3. The maximum Gasteiger partial charge on any atom is 0.338 e. The van der Waals surface area contributed by atoms with Gasteiger partial charge in [0.15, 0.2) is 5.79 Å². The number of aliphatic hydroxyl groups excluding tert-OH is 6. The summed E-state index contributed by atoms with van der Waals surface area (Å²) in [6, 6.07) is 6.34. The van der Waals surface area contributed by atoms with Crippen molar-refractivity contribution in [3.63, 3.8) is 0 Å². The number of esters is 3. The Morgan fingerprint density at radius 3 is 0.828 bits per heavy atom. The molecule has 0 aliphatic carbocycles. The lowest BCUT2D eigenvalue weighted by atomic mass is 9.92. The van der Waals surface area contributed by atoms with Gasteiger partial charge in [0.05, 0.1) is 295 Å². The second kappa shape index (κ2) is 59.2. The van der Waals surface area contributed by atoms with Gasteiger partial charge in [0.25, 0.3) is 0 Å². The van der Waals surface area contributed by atoms with Crippen molar-refractivity contribution in [3.8, 4) is 0 Å². The molecule has 0 aromatic heterocycles. The smallest absolute Gasteiger partial charge is 0.338 e. The van der Waals surface area contributed by atoms with E-state index >= 15 is 0 Å². The highest BCUT2D eigenvalue weighted by molar-refractivity contribution is 5.91. The fraction of sp³-hybridized carbons (Fsp3) is 0.776. The highest BCUT2D eigenvalue weighted by Gasteiger charge is 2.41. The van der Waals surface area contributed by atoms with Crippen LogP contribution in [0.5, 0.6) is 0 Å². The normalized spacial score (nSPS) is 13.8. The van der Waals surface area contributed by atoms with Gasteiger partial charge in [-0.3, -0.25) is 4.79 Å². The molecule has 1 heterocycles. The van der Waals surface area contributed by atoms with Crippen molar-refractivity contribution >= 4 is 17.9 Å². The minimum atomic E-state index is -1.85. The molecule has 0 unspecified atom stereocenters. The maximum atomic E-state index is 14.6. The minimum Gasteiger partial charge on any atom is -0.462 e. The van der Waals surface area contributed by atoms with Crippen LogP contribution in [0.15, 0.2) is 24.3 Å². The SMILES string of the molecule is CC1(C)OC[C@@H](COC(=O)C(C)(COC(=O)c2cc(COCCOCCOCCO)c(COCCOCCOCCO)c(COCCOCCOCCO)c2)COC(=O)c2cc(COCCOCCOCCO)c(COCCOCCOCCO)c(COCCOCCOCCO)c2)O1. The van der Waals surface area contributed by atoms with Crippen molar-refractivity contribution in [3.05, 3.63) is 68.8 Å². The molecule has 0 bridgehead atoms. The maximum absolute atomic E-state index is 14.6. The first kappa shape index (κ1) is 89.0. The number of benzene rings is 2. The largest absolute Gasteiger partial charge is 0.462 e. The zero-order valence-corrected chi connectivity index (χ0v) is 58.2. The number of aliphatic hydroxyl groups is 6. The third-order valence-corrected chi connectivity index (χ3v) is 13.7. The molecule has 2 aromatic rings. The van der Waals surface area contributed by atoms with E-state index in [1.54, 1.807) is 38.1 Å². The Morgan fingerprint density at radius 1 is 0.364 bits per heavy atom. The van der Waals surface area contributed by atoms with Crippen molar-refractivity contribution in [2.75, 3.05) is 264 Å². The van der Waals surface area contributed by atoms with Crippen LogP contribution >= 0.6 is 0 Å². The van der Waals surface area contributed by atoms with Crippen LogP contribution < -0.4 is 0 Å². The summed E-state index contributed by atoms with van der Waals surface area (Å²) in [5.41, 5.74) is 1.64. The van der Waals surface area contributed by atoms with Gasteiger partial charge >= 0.3 is 17.9 Å². The Balaban J connectivity index is 2.03. The molecule has 0 spiro atoms. The van der Waals surface area contributed by atoms with E-state index in [1.165, 1.54) is 6.92 Å². The van der Waals surface area contributed by atoms with Crippen molar-refractivity contribution in [1.29, 1.82) is 0 Å². The van der Waals surface area contributed by atoms with Gasteiger partial charge < -0.3 is 140 Å². The predicted molar refractivity (Wildman–Crippen MR) is 348 cm³/mol. The quantitative estimate of drug-likeness (QED) is 0.0301. The van der Waals surface area contributed by atoms with Gasteiger partial charge in [-0.05, 0) is 78.4 Å². The van der Waals surface area contributed by atoms with E-state index in [9.17, 15) is 14.4 Å². The van der Waals surface area contributed by atoms with Crippen LogP contribution in [0.25, 0.3) is 0 Å². The molecule has 6 N–H and O–H groups in total. The Labute approximate surface area is 580 Å². The molecule has 32 nitrogen and oxygen atoms in total. The molecule has 0 amide bonds. The molecular formula is C67H112O32. The monoisotopic (exact) mass is 1430 g/mol. The molecule has 0 saturated carbocycles. The summed E-state index contributed by atoms with van der Waals surface area (Å²) in [6.45, 7) is 9.18. The molecule has 0 radical (unpaired) electrons. The molecule has 2 aromatic carbocycles. The second-order valence-electron chi connectivity index (χ2n) is 22.3. The summed E-state index contributed by atoms with van der Waals surface area (Å²) in [6.07, 6.45) is -0.648. The van der Waals surface area contributed by atoms with Crippen molar-refractivity contribution < 1.29 is 154 Å². The van der Waals surface area contributed by atoms with E-state index in [-0.39, 0.29) is 302 Å². The van der Waals surface area contributed by atoms with Crippen molar-refractivity contribution in [2.24, 2.45) is 5.41 Å². The van der Waals surface area contributed by atoms with Gasteiger partial charge in [-0.15, -0.1) is 0 Å². The lowest BCUT2D eigenvalue weighted by Gasteiger charge is -2.27. The molecule has 99 heavy (non-hydrogen) atoms. The van der Waals surface area contributed by atoms with Crippen molar-refractivity contribution in [2.45, 2.75) is 72.3 Å². The number of rotatable bonds is 69. The number of ether oxygens (including phenoxy) is 23. The second-order valence-corrected chi connectivity index (χ2v) is 22.3. The highest BCUT2D eigenvalue weighted by Crippen LogP contribution is 2.29. The third kappa shape index (κ3) is 42.9. The molecule has 3 rings (SSSR count). The summed E-state index contributed by atoms with van der Waals surface area (Å²) < 4.78 is 132. The molecule has 32 heteroatoms. The van der Waals surface area contributed by atoms with Crippen LogP contribution in [0.1, 0.15) is 74.9 Å². The summed E-state index contributed by atoms with van der Waals surface area (Å²) in [5.74, 6) is -3.58. The molecule has 1 aliphatic rings. The molecule has 1 fully saturated rings. The summed E-state index contributed by atoms with van der Waals surface area (Å²) >= 11 is 0. The van der Waals surface area contributed by atoms with Gasteiger partial charge in [0.1, 0.15) is 31.3 Å². The van der Waals surface area contributed by atoms with Crippen LogP contribution in [0.2, 0.25) is 0 Å². The third-order valence-electron chi connectivity index (χ3n) is 13.7. The van der Waals surface area contributed by atoms with E-state index in [2.05, 4.69) is 0 Å². The molecule has 1 aliphatic heterocycles. The van der Waals surface area contributed by atoms with E-state index in [4.69, 9.17) is 140 Å². The Kier molecular flexibility index (Phi) is 53.3. The lowest BCUT2D eigenvalue weighted by Crippen LogP contribution is -2.41. The Morgan fingerprint density at radius 2 is 0.596 bits per heavy atom. The van der Waals surface area contributed by atoms with Crippen LogP contribution in [0, 0.1) is 5.41 Å². The topological polar surface area (TPSA) is 385 Å². The molecular weight excluding hydrogens is 1320 g/mol. The van der Waals surface area contributed by atoms with E-state index < -0.39 is 48.4 Å². The molecule has 1 saturated heterocycles. The Hall–Kier alpha value is -4.19. The van der Waals surface area contributed by atoms with Gasteiger partial charge in [-0.1, -0.05) is 0 Å². The van der Waals surface area contributed by atoms with Crippen LogP contribution in [-0.4, -0.2) is 325 Å². The summed E-state index contributed by atoms with van der Waals surface area (Å²) in [4.78, 5) is 43.8. The average molecular weight is 1430 g/mol. The van der Waals surface area contributed by atoms with Crippen LogP contribution in [0.4, 0.5) is 0 Å². The Bertz CT molecular complexity index is 2110. The van der Waals surface area contributed by atoms with Gasteiger partial charge in [0, 0.05) is 0 Å². The fourth-order valence-electron chi connectivity index (χ4n) is 8.78. The number of carbonyl (C=O) groups excluding carboxylic acids is 3. The van der Waals surface area contributed by atoms with Crippen LogP contribution in [0.3, 0.4) is 0 Å². The zero-order chi connectivity index (χ0) is 71.5. The first-order chi connectivity index (χ1) is 48.3. The average Bonchev–Trinajstić information content (AvgIpc) is 1.73. The highest BCUT2D eigenvalue weighted by atomic mass is 16.8. The lowest BCUT2D eigenvalue weighted by molar-refractivity contribution is -0.170. The predicted octanol–water partition coefficient (Wildman–Crippen LogP) is 0.654.